The molecule has 0 bridgehead atoms. The summed E-state index contributed by atoms with van der Waals surface area (Å²) in [4.78, 5) is 13.8. The first kappa shape index (κ1) is 15.0. The second-order valence-corrected chi connectivity index (χ2v) is 5.62. The van der Waals surface area contributed by atoms with Crippen LogP contribution in [0.1, 0.15) is 15.9 Å². The van der Waals surface area contributed by atoms with Crippen LogP contribution in [0.15, 0.2) is 46.9 Å². The SMILES string of the molecule is CN(Cc1cccc(Cl)c1)C(=O)c1cccc(F)c1Br. The quantitative estimate of drug-likeness (QED) is 0.792. The van der Waals surface area contributed by atoms with Gasteiger partial charge in [-0.1, -0.05) is 29.8 Å². The van der Waals surface area contributed by atoms with Crippen molar-refractivity contribution in [3.8, 4) is 0 Å². The number of nitrogens with zero attached hydrogens (tertiary/aromatic N) is 1. The molecule has 5 heteroatoms. The molecule has 0 heterocycles. The number of carbonyl (C=O) groups is 1. The predicted octanol–water partition coefficient (Wildman–Crippen LogP) is 4.51. The minimum absolute atomic E-state index is 0.183. The van der Waals surface area contributed by atoms with Crippen LogP contribution in [0.25, 0.3) is 0 Å². The Morgan fingerprint density at radius 3 is 2.70 bits per heavy atom. The van der Waals surface area contributed by atoms with E-state index in [1.807, 2.05) is 12.1 Å². The molecular formula is C15H12BrClFNO. The van der Waals surface area contributed by atoms with E-state index in [2.05, 4.69) is 15.9 Å². The molecule has 0 aliphatic rings. The zero-order valence-corrected chi connectivity index (χ0v) is 13.1. The van der Waals surface area contributed by atoms with Crippen molar-refractivity contribution in [1.29, 1.82) is 0 Å². The summed E-state index contributed by atoms with van der Waals surface area (Å²) >= 11 is 9.01. The van der Waals surface area contributed by atoms with Gasteiger partial charge >= 0.3 is 0 Å². The monoisotopic (exact) mass is 355 g/mol. The first-order chi connectivity index (χ1) is 9.49. The van der Waals surface area contributed by atoms with Gasteiger partial charge in [0.15, 0.2) is 0 Å². The molecule has 20 heavy (non-hydrogen) atoms. The molecule has 2 aromatic rings. The molecule has 2 aromatic carbocycles. The van der Waals surface area contributed by atoms with Crippen LogP contribution in [0.2, 0.25) is 5.02 Å². The van der Waals surface area contributed by atoms with Crippen molar-refractivity contribution < 1.29 is 9.18 Å². The number of halogens is 3. The van der Waals surface area contributed by atoms with Gasteiger partial charge in [0.25, 0.3) is 5.91 Å². The number of hydrogen-bond donors (Lipinski definition) is 0. The first-order valence-corrected chi connectivity index (χ1v) is 7.10. The van der Waals surface area contributed by atoms with Crippen molar-refractivity contribution in [2.75, 3.05) is 7.05 Å². The van der Waals surface area contributed by atoms with Gasteiger partial charge in [-0.3, -0.25) is 4.79 Å². The van der Waals surface area contributed by atoms with Gasteiger partial charge in [0, 0.05) is 18.6 Å². The topological polar surface area (TPSA) is 20.3 Å². The third kappa shape index (κ3) is 3.38. The second kappa shape index (κ2) is 6.37. The lowest BCUT2D eigenvalue weighted by molar-refractivity contribution is 0.0783. The summed E-state index contributed by atoms with van der Waals surface area (Å²) in [5.74, 6) is -0.705. The van der Waals surface area contributed by atoms with E-state index in [-0.39, 0.29) is 10.4 Å². The van der Waals surface area contributed by atoms with Crippen LogP contribution in [-0.4, -0.2) is 17.9 Å². The lowest BCUT2D eigenvalue weighted by Gasteiger charge is -2.18. The van der Waals surface area contributed by atoms with E-state index in [4.69, 9.17) is 11.6 Å². The zero-order valence-electron chi connectivity index (χ0n) is 10.7. The smallest absolute Gasteiger partial charge is 0.255 e. The molecule has 0 saturated heterocycles. The van der Waals surface area contributed by atoms with Gasteiger partial charge in [-0.25, -0.2) is 4.39 Å². The Kier molecular flexibility index (Phi) is 4.78. The summed E-state index contributed by atoms with van der Waals surface area (Å²) in [6, 6.07) is 11.7. The van der Waals surface area contributed by atoms with E-state index in [1.54, 1.807) is 25.2 Å². The highest BCUT2D eigenvalue weighted by molar-refractivity contribution is 9.10. The number of hydrogen-bond acceptors (Lipinski definition) is 1. The van der Waals surface area contributed by atoms with Crippen molar-refractivity contribution >= 4 is 33.4 Å². The largest absolute Gasteiger partial charge is 0.337 e. The molecule has 0 aromatic heterocycles. The molecule has 0 saturated carbocycles. The lowest BCUT2D eigenvalue weighted by atomic mass is 10.1. The van der Waals surface area contributed by atoms with Gasteiger partial charge in [0.2, 0.25) is 0 Å². The Morgan fingerprint density at radius 2 is 2.00 bits per heavy atom. The zero-order chi connectivity index (χ0) is 14.7. The van der Waals surface area contributed by atoms with Crippen LogP contribution < -0.4 is 0 Å². The molecule has 0 radical (unpaired) electrons. The van der Waals surface area contributed by atoms with Gasteiger partial charge in [-0.05, 0) is 45.8 Å². The number of benzene rings is 2. The average Bonchev–Trinajstić information content (AvgIpc) is 2.41. The molecule has 0 spiro atoms. The number of rotatable bonds is 3. The van der Waals surface area contributed by atoms with Gasteiger partial charge in [0.1, 0.15) is 5.82 Å². The van der Waals surface area contributed by atoms with Crippen molar-refractivity contribution in [2.24, 2.45) is 0 Å². The molecule has 0 atom stereocenters. The Labute approximate surface area is 130 Å². The first-order valence-electron chi connectivity index (χ1n) is 5.93. The summed E-state index contributed by atoms with van der Waals surface area (Å²) in [6.07, 6.45) is 0. The molecule has 0 N–H and O–H groups in total. The van der Waals surface area contributed by atoms with Crippen LogP contribution in [-0.2, 0) is 6.54 Å². The van der Waals surface area contributed by atoms with Crippen LogP contribution >= 0.6 is 27.5 Å². The molecule has 104 valence electrons. The van der Waals surface area contributed by atoms with Crippen LogP contribution in [0.5, 0.6) is 0 Å². The standard InChI is InChI=1S/C15H12BrClFNO/c1-19(9-10-4-2-5-11(17)8-10)15(20)12-6-3-7-13(18)14(12)16/h2-8H,9H2,1H3. The average molecular weight is 357 g/mol. The Bertz CT molecular complexity index is 648. The van der Waals surface area contributed by atoms with Gasteiger partial charge in [0.05, 0.1) is 10.0 Å². The van der Waals surface area contributed by atoms with Gasteiger partial charge in [-0.15, -0.1) is 0 Å². The molecular weight excluding hydrogens is 345 g/mol. The summed E-state index contributed by atoms with van der Waals surface area (Å²) in [7, 11) is 1.67. The fraction of sp³-hybridized carbons (Fsp3) is 0.133. The molecule has 2 nitrogen and oxygen atoms in total. The summed E-state index contributed by atoms with van der Waals surface area (Å²) in [5, 5.41) is 0.621. The predicted molar refractivity (Wildman–Crippen MR) is 81.3 cm³/mol. The summed E-state index contributed by atoms with van der Waals surface area (Å²) in [5.41, 5.74) is 1.22. The van der Waals surface area contributed by atoms with Crippen LogP contribution in [0.4, 0.5) is 4.39 Å². The Hall–Kier alpha value is -1.39. The highest BCUT2D eigenvalue weighted by Gasteiger charge is 2.17. The normalized spacial score (nSPS) is 10.4. The minimum Gasteiger partial charge on any atom is -0.337 e. The summed E-state index contributed by atoms with van der Waals surface area (Å²) < 4.78 is 13.6. The van der Waals surface area contributed by atoms with E-state index in [1.165, 1.54) is 17.0 Å². The Morgan fingerprint density at radius 1 is 1.30 bits per heavy atom. The van der Waals surface area contributed by atoms with Crippen molar-refractivity contribution in [3.05, 3.63) is 68.9 Å². The van der Waals surface area contributed by atoms with Gasteiger partial charge in [-0.2, -0.15) is 0 Å². The molecule has 2 rings (SSSR count). The molecule has 0 fully saturated rings. The van der Waals surface area contributed by atoms with E-state index < -0.39 is 5.82 Å². The van der Waals surface area contributed by atoms with E-state index in [0.717, 1.165) is 5.56 Å². The fourth-order valence-electron chi connectivity index (χ4n) is 1.86. The summed E-state index contributed by atoms with van der Waals surface area (Å²) in [6.45, 7) is 0.405. The number of amides is 1. The van der Waals surface area contributed by atoms with Crippen molar-refractivity contribution in [3.63, 3.8) is 0 Å². The highest BCUT2D eigenvalue weighted by Crippen LogP contribution is 2.22. The number of carbonyl (C=O) groups excluding carboxylic acids is 1. The van der Waals surface area contributed by atoms with Crippen molar-refractivity contribution in [2.45, 2.75) is 6.54 Å². The third-order valence-corrected chi connectivity index (χ3v) is 3.88. The Balaban J connectivity index is 2.19. The third-order valence-electron chi connectivity index (χ3n) is 2.84. The van der Waals surface area contributed by atoms with Gasteiger partial charge < -0.3 is 4.90 Å². The molecule has 0 aliphatic heterocycles. The second-order valence-electron chi connectivity index (χ2n) is 4.39. The van der Waals surface area contributed by atoms with Crippen molar-refractivity contribution in [1.82, 2.24) is 4.90 Å². The maximum Gasteiger partial charge on any atom is 0.255 e. The highest BCUT2D eigenvalue weighted by atomic mass is 79.9. The molecule has 1 amide bonds. The van der Waals surface area contributed by atoms with Crippen LogP contribution in [0, 0.1) is 5.82 Å². The van der Waals surface area contributed by atoms with E-state index in [0.29, 0.717) is 17.1 Å². The molecule has 0 unspecified atom stereocenters. The van der Waals surface area contributed by atoms with E-state index in [9.17, 15) is 9.18 Å². The maximum absolute atomic E-state index is 13.4. The maximum atomic E-state index is 13.4. The minimum atomic E-state index is -0.452. The fourth-order valence-corrected chi connectivity index (χ4v) is 2.50. The van der Waals surface area contributed by atoms with E-state index >= 15 is 0 Å². The molecule has 0 aliphatic carbocycles. The lowest BCUT2D eigenvalue weighted by Crippen LogP contribution is -2.26. The van der Waals surface area contributed by atoms with Crippen LogP contribution in [0.3, 0.4) is 0 Å².